The Morgan fingerprint density at radius 1 is 1.09 bits per heavy atom. The van der Waals surface area contributed by atoms with Gasteiger partial charge in [-0.2, -0.15) is 0 Å². The summed E-state index contributed by atoms with van der Waals surface area (Å²) in [6.45, 7) is 1.46. The van der Waals surface area contributed by atoms with Gasteiger partial charge in [0.1, 0.15) is 13.1 Å². The highest BCUT2D eigenvalue weighted by Gasteiger charge is 2.23. The van der Waals surface area contributed by atoms with Crippen LogP contribution >= 0.6 is 0 Å². The van der Waals surface area contributed by atoms with Crippen LogP contribution in [-0.2, 0) is 0 Å². The summed E-state index contributed by atoms with van der Waals surface area (Å²) < 4.78 is 1.57. The molecule has 0 spiro atoms. The predicted molar refractivity (Wildman–Crippen MR) is 44.3 cm³/mol. The second kappa shape index (κ2) is 2.36. The number of hydrogen-bond acceptors (Lipinski definition) is 1. The van der Waals surface area contributed by atoms with Gasteiger partial charge in [0, 0.05) is 12.8 Å². The topological polar surface area (TPSA) is 28.0 Å². The zero-order valence-electron chi connectivity index (χ0n) is 6.44. The summed E-state index contributed by atoms with van der Waals surface area (Å²) in [5.74, 6) is 0. The van der Waals surface area contributed by atoms with Gasteiger partial charge in [0.15, 0.2) is 0 Å². The van der Waals surface area contributed by atoms with Gasteiger partial charge in [-0.3, -0.25) is 4.76 Å². The molecule has 1 aromatic rings. The molecule has 0 aliphatic carbocycles. The van der Waals surface area contributed by atoms with Crippen LogP contribution in [0.25, 0.3) is 0 Å². The first kappa shape index (κ1) is 6.88. The largest absolute Gasteiger partial charge is 0.606 e. The number of quaternary nitrogens is 1. The summed E-state index contributed by atoms with van der Waals surface area (Å²) in [4.78, 5) is 0. The molecule has 3 heteroatoms. The van der Waals surface area contributed by atoms with Crippen molar-refractivity contribution in [3.8, 4) is 0 Å². The quantitative estimate of drug-likeness (QED) is 0.439. The highest BCUT2D eigenvalue weighted by Crippen LogP contribution is 2.15. The molecule has 0 saturated carbocycles. The molecular formula is C8H12N2O. The third kappa shape index (κ3) is 1.06. The van der Waals surface area contributed by atoms with E-state index in [0.29, 0.717) is 0 Å². The smallest absolute Gasteiger partial charge is 0.101 e. The number of nitrogens with zero attached hydrogens (tertiary/aromatic N) is 2. The van der Waals surface area contributed by atoms with Crippen LogP contribution in [0.2, 0.25) is 0 Å². The van der Waals surface area contributed by atoms with Crippen molar-refractivity contribution in [3.63, 3.8) is 0 Å². The molecule has 0 unspecified atom stereocenters. The maximum absolute atomic E-state index is 11.9. The molecule has 60 valence electrons. The number of aromatic nitrogens is 1. The Kier molecular flexibility index (Phi) is 1.47. The number of rotatable bonds is 1. The van der Waals surface area contributed by atoms with Crippen molar-refractivity contribution >= 4 is 0 Å². The summed E-state index contributed by atoms with van der Waals surface area (Å²) in [5.41, 5.74) is 0. The lowest BCUT2D eigenvalue weighted by atomic mass is 10.4. The van der Waals surface area contributed by atoms with E-state index in [4.69, 9.17) is 0 Å². The normalized spacial score (nSPS) is 22.3. The first-order chi connectivity index (χ1) is 5.31. The Hall–Kier alpha value is -0.800. The monoisotopic (exact) mass is 152 g/mol. The van der Waals surface area contributed by atoms with E-state index in [1.54, 1.807) is 4.68 Å². The molecule has 0 bridgehead atoms. The third-order valence-electron chi connectivity index (χ3n) is 2.27. The van der Waals surface area contributed by atoms with E-state index >= 15 is 0 Å². The Bertz CT molecular complexity index is 224. The van der Waals surface area contributed by atoms with Gasteiger partial charge in [-0.1, -0.05) is 0 Å². The number of hydroxylamine groups is 2. The fraction of sp³-hybridized carbons (Fsp3) is 0.500. The zero-order chi connectivity index (χ0) is 7.73. The molecule has 2 heterocycles. The van der Waals surface area contributed by atoms with Crippen molar-refractivity contribution in [2.75, 3.05) is 13.1 Å². The predicted octanol–water partition coefficient (Wildman–Crippen LogP) is 1.22. The molecule has 0 N–H and O–H groups in total. The lowest BCUT2D eigenvalue weighted by Crippen LogP contribution is -2.49. The molecule has 0 radical (unpaired) electrons. The van der Waals surface area contributed by atoms with Gasteiger partial charge < -0.3 is 5.21 Å². The summed E-state index contributed by atoms with van der Waals surface area (Å²) in [5, 5.41) is 11.9. The third-order valence-corrected chi connectivity index (χ3v) is 2.27. The minimum absolute atomic E-state index is 0.174. The maximum atomic E-state index is 11.9. The van der Waals surface area contributed by atoms with Gasteiger partial charge in [-0.15, -0.1) is 0 Å². The Labute approximate surface area is 66.0 Å². The summed E-state index contributed by atoms with van der Waals surface area (Å²) in [6.07, 6.45) is 5.81. The van der Waals surface area contributed by atoms with Gasteiger partial charge in [0.2, 0.25) is 0 Å². The molecule has 1 fully saturated rings. The van der Waals surface area contributed by atoms with E-state index < -0.39 is 0 Å². The van der Waals surface area contributed by atoms with Gasteiger partial charge >= 0.3 is 0 Å². The second-order valence-electron chi connectivity index (χ2n) is 3.06. The molecule has 0 atom stereocenters. The van der Waals surface area contributed by atoms with Crippen LogP contribution in [0, 0.1) is 5.21 Å². The molecule has 0 amide bonds. The molecular weight excluding hydrogens is 140 g/mol. The Morgan fingerprint density at radius 3 is 2.18 bits per heavy atom. The summed E-state index contributed by atoms with van der Waals surface area (Å²) in [6, 6.07) is 3.80. The van der Waals surface area contributed by atoms with Crippen LogP contribution in [0.1, 0.15) is 12.8 Å². The molecule has 1 aliphatic rings. The fourth-order valence-electron chi connectivity index (χ4n) is 1.63. The van der Waals surface area contributed by atoms with Crippen molar-refractivity contribution in [3.05, 3.63) is 29.7 Å². The Morgan fingerprint density at radius 2 is 1.64 bits per heavy atom. The van der Waals surface area contributed by atoms with Gasteiger partial charge in [0.05, 0.1) is 12.4 Å². The van der Waals surface area contributed by atoms with E-state index in [9.17, 15) is 5.21 Å². The standard InChI is InChI=1S/C8H12N2O/c11-10(7-3-4-8-10)9-5-1-2-6-9/h1-2,5-6H,3-4,7-8H2. The first-order valence-corrected chi connectivity index (χ1v) is 4.03. The van der Waals surface area contributed by atoms with E-state index in [2.05, 4.69) is 0 Å². The maximum Gasteiger partial charge on any atom is 0.101 e. The lowest BCUT2D eigenvalue weighted by molar-refractivity contribution is 0.244. The van der Waals surface area contributed by atoms with Crippen LogP contribution in [-0.4, -0.2) is 17.8 Å². The van der Waals surface area contributed by atoms with Crippen LogP contribution in [0.5, 0.6) is 0 Å². The van der Waals surface area contributed by atoms with Gasteiger partial charge in [-0.05, 0) is 12.1 Å². The summed E-state index contributed by atoms with van der Waals surface area (Å²) in [7, 11) is 0. The molecule has 1 aromatic heterocycles. The van der Waals surface area contributed by atoms with E-state index in [1.165, 1.54) is 0 Å². The zero-order valence-corrected chi connectivity index (χ0v) is 6.44. The van der Waals surface area contributed by atoms with Crippen LogP contribution in [0.15, 0.2) is 24.5 Å². The minimum Gasteiger partial charge on any atom is -0.606 e. The first-order valence-electron chi connectivity index (χ1n) is 4.03. The van der Waals surface area contributed by atoms with E-state index in [-0.39, 0.29) is 4.76 Å². The Balaban J connectivity index is 2.27. The molecule has 3 nitrogen and oxygen atoms in total. The van der Waals surface area contributed by atoms with Crippen molar-refractivity contribution in [1.82, 2.24) is 9.43 Å². The lowest BCUT2D eigenvalue weighted by Gasteiger charge is -2.37. The second-order valence-corrected chi connectivity index (χ2v) is 3.06. The summed E-state index contributed by atoms with van der Waals surface area (Å²) >= 11 is 0. The minimum atomic E-state index is -0.174. The van der Waals surface area contributed by atoms with Crippen molar-refractivity contribution in [2.45, 2.75) is 12.8 Å². The molecule has 2 rings (SSSR count). The molecule has 11 heavy (non-hydrogen) atoms. The van der Waals surface area contributed by atoms with Gasteiger partial charge in [0.25, 0.3) is 0 Å². The van der Waals surface area contributed by atoms with E-state index in [0.717, 1.165) is 25.9 Å². The highest BCUT2D eigenvalue weighted by atomic mass is 16.6. The van der Waals surface area contributed by atoms with E-state index in [1.807, 2.05) is 24.5 Å². The van der Waals surface area contributed by atoms with Crippen molar-refractivity contribution < 1.29 is 0 Å². The van der Waals surface area contributed by atoms with Gasteiger partial charge in [-0.25, -0.2) is 4.68 Å². The van der Waals surface area contributed by atoms with Crippen LogP contribution in [0.3, 0.4) is 0 Å². The molecule has 1 aliphatic heterocycles. The average Bonchev–Trinajstić information content (AvgIpc) is 2.55. The average molecular weight is 152 g/mol. The van der Waals surface area contributed by atoms with Crippen LogP contribution < -0.4 is 4.76 Å². The molecule has 1 saturated heterocycles. The highest BCUT2D eigenvalue weighted by molar-refractivity contribution is 4.98. The van der Waals surface area contributed by atoms with Crippen LogP contribution in [0.4, 0.5) is 0 Å². The molecule has 0 aromatic carbocycles. The van der Waals surface area contributed by atoms with Crippen molar-refractivity contribution in [2.24, 2.45) is 0 Å². The SMILES string of the molecule is [O-][N+]1(n2cccc2)CCCC1. The van der Waals surface area contributed by atoms with Crippen molar-refractivity contribution in [1.29, 1.82) is 0 Å². The number of hydrogen-bond donors (Lipinski definition) is 0. The fourth-order valence-corrected chi connectivity index (χ4v) is 1.63.